The topological polar surface area (TPSA) is 96.2 Å². The van der Waals surface area contributed by atoms with Crippen molar-refractivity contribution < 1.29 is 14.3 Å². The molecule has 2 aromatic heterocycles. The number of nitrogens with zero attached hydrogens (tertiary/aromatic N) is 2. The van der Waals surface area contributed by atoms with E-state index in [1.165, 1.54) is 25.1 Å². The summed E-state index contributed by atoms with van der Waals surface area (Å²) in [6.07, 6.45) is 3.66. The molecule has 0 spiro atoms. The van der Waals surface area contributed by atoms with Crippen LogP contribution in [0.1, 0.15) is 41.7 Å². The van der Waals surface area contributed by atoms with E-state index in [1.54, 1.807) is 16.7 Å². The van der Waals surface area contributed by atoms with Gasteiger partial charge in [-0.1, -0.05) is 0 Å². The van der Waals surface area contributed by atoms with Crippen LogP contribution in [0.25, 0.3) is 21.9 Å². The van der Waals surface area contributed by atoms with Crippen LogP contribution < -0.4 is 16.1 Å². The Bertz CT molecular complexity index is 1220. The van der Waals surface area contributed by atoms with Gasteiger partial charge in [0.15, 0.2) is 0 Å². The van der Waals surface area contributed by atoms with Crippen molar-refractivity contribution in [2.75, 3.05) is 6.54 Å². The highest BCUT2D eigenvalue weighted by Gasteiger charge is 2.37. The second kappa shape index (κ2) is 6.60. The predicted octanol–water partition coefficient (Wildman–Crippen LogP) is 2.17. The maximum absolute atomic E-state index is 14.9. The maximum atomic E-state index is 14.9. The first-order valence-electron chi connectivity index (χ1n) is 9.86. The highest BCUT2D eigenvalue weighted by Crippen LogP contribution is 2.32. The standard InChI is InChI=1S/C21H21FN4O3/c1-2-26-9-14(21(28)29)19(27)13-5-10-6-15(22)12(7-16(10)25-20(13)26)18-17(8-23-18)24-11-3-4-11/h5-7,9,11,17-18,23-24H,2-4,8H2,1H3,(H,28,29). The van der Waals surface area contributed by atoms with E-state index < -0.39 is 11.4 Å². The van der Waals surface area contributed by atoms with Crippen molar-refractivity contribution in [1.82, 2.24) is 20.2 Å². The number of pyridine rings is 2. The lowest BCUT2D eigenvalue weighted by Gasteiger charge is -2.39. The lowest BCUT2D eigenvalue weighted by molar-refractivity contribution is 0.0695. The van der Waals surface area contributed by atoms with Crippen LogP contribution in [-0.2, 0) is 6.54 Å². The van der Waals surface area contributed by atoms with Crippen LogP contribution >= 0.6 is 0 Å². The van der Waals surface area contributed by atoms with Crippen LogP contribution in [0.5, 0.6) is 0 Å². The van der Waals surface area contributed by atoms with Crippen LogP contribution in [0.15, 0.2) is 29.2 Å². The lowest BCUT2D eigenvalue weighted by atomic mass is 9.91. The second-order valence-corrected chi connectivity index (χ2v) is 7.82. The van der Waals surface area contributed by atoms with Gasteiger partial charge in [0.05, 0.1) is 16.9 Å². The molecule has 2 unspecified atom stereocenters. The fraction of sp³-hybridized carbons (Fsp3) is 0.381. The number of aromatic carboxylic acids is 1. The van der Waals surface area contributed by atoms with Crippen molar-refractivity contribution in [2.45, 2.75) is 44.4 Å². The summed E-state index contributed by atoms with van der Waals surface area (Å²) in [6.45, 7) is 3.11. The van der Waals surface area contributed by atoms with E-state index in [0.717, 1.165) is 6.54 Å². The van der Waals surface area contributed by atoms with E-state index in [2.05, 4.69) is 15.6 Å². The highest BCUT2D eigenvalue weighted by atomic mass is 19.1. The Morgan fingerprint density at radius 3 is 2.79 bits per heavy atom. The molecule has 1 saturated heterocycles. The molecule has 1 aliphatic carbocycles. The van der Waals surface area contributed by atoms with Gasteiger partial charge in [-0.2, -0.15) is 0 Å². The molecule has 2 atom stereocenters. The fourth-order valence-corrected chi connectivity index (χ4v) is 4.03. The largest absolute Gasteiger partial charge is 0.477 e. The number of benzene rings is 1. The van der Waals surface area contributed by atoms with Gasteiger partial charge in [0.1, 0.15) is 17.0 Å². The first-order chi connectivity index (χ1) is 14.0. The highest BCUT2D eigenvalue weighted by molar-refractivity contribution is 5.96. The molecular formula is C21H21FN4O3. The number of hydrogen-bond acceptors (Lipinski definition) is 5. The van der Waals surface area contributed by atoms with E-state index in [0.29, 0.717) is 34.7 Å². The molecule has 5 rings (SSSR count). The number of aromatic nitrogens is 2. The Morgan fingerprint density at radius 2 is 2.17 bits per heavy atom. The average Bonchev–Trinajstić information content (AvgIpc) is 3.49. The molecule has 0 bridgehead atoms. The van der Waals surface area contributed by atoms with Gasteiger partial charge in [-0.05, 0) is 38.0 Å². The molecule has 3 heterocycles. The molecule has 2 fully saturated rings. The number of halogens is 1. The van der Waals surface area contributed by atoms with Crippen molar-refractivity contribution in [3.8, 4) is 0 Å². The number of carbonyl (C=O) groups is 1. The minimum atomic E-state index is -1.29. The van der Waals surface area contributed by atoms with Gasteiger partial charge in [-0.3, -0.25) is 4.79 Å². The van der Waals surface area contributed by atoms with Crippen LogP contribution in [0.3, 0.4) is 0 Å². The first-order valence-corrected chi connectivity index (χ1v) is 9.86. The third kappa shape index (κ3) is 2.99. The smallest absolute Gasteiger partial charge is 0.341 e. The summed E-state index contributed by atoms with van der Waals surface area (Å²) < 4.78 is 16.5. The van der Waals surface area contributed by atoms with Gasteiger partial charge in [-0.25, -0.2) is 14.2 Å². The van der Waals surface area contributed by atoms with Gasteiger partial charge in [0, 0.05) is 42.3 Å². The molecule has 3 N–H and O–H groups in total. The zero-order chi connectivity index (χ0) is 20.3. The third-order valence-corrected chi connectivity index (χ3v) is 5.85. The molecule has 7 nitrogen and oxygen atoms in total. The summed E-state index contributed by atoms with van der Waals surface area (Å²) in [5, 5.41) is 16.8. The Balaban J connectivity index is 1.66. The van der Waals surface area contributed by atoms with Gasteiger partial charge in [-0.15, -0.1) is 0 Å². The summed E-state index contributed by atoms with van der Waals surface area (Å²) >= 11 is 0. The van der Waals surface area contributed by atoms with E-state index in [9.17, 15) is 19.1 Å². The molecular weight excluding hydrogens is 375 g/mol. The Kier molecular flexibility index (Phi) is 4.15. The number of rotatable bonds is 5. The molecule has 150 valence electrons. The quantitative estimate of drug-likeness (QED) is 0.572. The van der Waals surface area contributed by atoms with E-state index in [4.69, 9.17) is 0 Å². The average molecular weight is 396 g/mol. The molecule has 3 aromatic rings. The molecule has 2 aliphatic rings. The van der Waals surface area contributed by atoms with Crippen molar-refractivity contribution >= 4 is 27.9 Å². The Hall–Kier alpha value is -2.84. The van der Waals surface area contributed by atoms with Crippen molar-refractivity contribution in [1.29, 1.82) is 0 Å². The van der Waals surface area contributed by atoms with Gasteiger partial charge in [0.25, 0.3) is 0 Å². The number of fused-ring (bicyclic) bond motifs is 2. The van der Waals surface area contributed by atoms with Gasteiger partial charge >= 0.3 is 5.97 Å². The summed E-state index contributed by atoms with van der Waals surface area (Å²) in [5.74, 6) is -1.64. The Morgan fingerprint density at radius 1 is 1.38 bits per heavy atom. The van der Waals surface area contributed by atoms with E-state index >= 15 is 0 Å². The number of hydrogen-bond donors (Lipinski definition) is 3. The fourth-order valence-electron chi connectivity index (χ4n) is 4.03. The minimum absolute atomic E-state index is 0.111. The number of carboxylic acids is 1. The molecule has 29 heavy (non-hydrogen) atoms. The summed E-state index contributed by atoms with van der Waals surface area (Å²) in [4.78, 5) is 28.6. The molecule has 8 heteroatoms. The van der Waals surface area contributed by atoms with Gasteiger partial charge in [0.2, 0.25) is 5.43 Å². The van der Waals surface area contributed by atoms with Crippen molar-refractivity contribution in [3.63, 3.8) is 0 Å². The summed E-state index contributed by atoms with van der Waals surface area (Å²) in [5.41, 5.74) is 0.622. The number of carboxylic acid groups (broad SMARTS) is 1. The van der Waals surface area contributed by atoms with Crippen molar-refractivity contribution in [3.05, 3.63) is 51.6 Å². The van der Waals surface area contributed by atoms with E-state index in [1.807, 2.05) is 6.92 Å². The Labute approximate surface area is 165 Å². The summed E-state index contributed by atoms with van der Waals surface area (Å²) in [7, 11) is 0. The monoisotopic (exact) mass is 396 g/mol. The van der Waals surface area contributed by atoms with Crippen LogP contribution in [0, 0.1) is 5.82 Å². The van der Waals surface area contributed by atoms with Crippen LogP contribution in [0.4, 0.5) is 4.39 Å². The minimum Gasteiger partial charge on any atom is -0.477 e. The lowest BCUT2D eigenvalue weighted by Crippen LogP contribution is -2.58. The molecule has 0 amide bonds. The van der Waals surface area contributed by atoms with Gasteiger partial charge < -0.3 is 20.3 Å². The van der Waals surface area contributed by atoms with Crippen LogP contribution in [0.2, 0.25) is 0 Å². The van der Waals surface area contributed by atoms with E-state index in [-0.39, 0.29) is 28.9 Å². The molecule has 1 saturated carbocycles. The third-order valence-electron chi connectivity index (χ3n) is 5.85. The second-order valence-electron chi connectivity index (χ2n) is 7.82. The molecule has 0 radical (unpaired) electrons. The SMILES string of the molecule is CCn1cc(C(=O)O)c(=O)c2cc3cc(F)c(C4NCC4NC4CC4)cc3nc21. The van der Waals surface area contributed by atoms with Crippen LogP contribution in [-0.4, -0.2) is 39.3 Å². The first kappa shape index (κ1) is 18.2. The number of aryl methyl sites for hydroxylation is 1. The zero-order valence-corrected chi connectivity index (χ0v) is 15.9. The summed E-state index contributed by atoms with van der Waals surface area (Å²) in [6, 6.07) is 5.28. The normalized spacial score (nSPS) is 21.4. The predicted molar refractivity (Wildman–Crippen MR) is 107 cm³/mol. The van der Waals surface area contributed by atoms with Crippen molar-refractivity contribution in [2.24, 2.45) is 0 Å². The molecule has 1 aliphatic heterocycles. The zero-order valence-electron chi connectivity index (χ0n) is 15.9. The maximum Gasteiger partial charge on any atom is 0.341 e. The number of nitrogens with one attached hydrogen (secondary N) is 2. The molecule has 1 aromatic carbocycles.